The lowest BCUT2D eigenvalue weighted by Crippen LogP contribution is -2.13. The van der Waals surface area contributed by atoms with E-state index < -0.39 is 9.84 Å². The topological polar surface area (TPSA) is 76.1 Å². The minimum atomic E-state index is -3.27. The molecular formula is C21H20N2O3S2. The van der Waals surface area contributed by atoms with Crippen molar-refractivity contribution in [2.45, 2.75) is 28.7 Å². The molecule has 0 fully saturated rings. The van der Waals surface area contributed by atoms with E-state index in [0.29, 0.717) is 16.3 Å². The summed E-state index contributed by atoms with van der Waals surface area (Å²) in [5.41, 5.74) is 3.28. The van der Waals surface area contributed by atoms with Gasteiger partial charge in [0.15, 0.2) is 9.84 Å². The van der Waals surface area contributed by atoms with Crippen molar-refractivity contribution in [3.8, 4) is 0 Å². The second-order valence-corrected chi connectivity index (χ2v) is 9.52. The number of rotatable bonds is 5. The number of nitrogens with zero attached hydrogens (tertiary/aromatic N) is 1. The predicted octanol–water partition coefficient (Wildman–Crippen LogP) is 4.51. The maximum atomic E-state index is 12.8. The van der Waals surface area contributed by atoms with Crippen molar-refractivity contribution in [2.75, 3.05) is 11.6 Å². The van der Waals surface area contributed by atoms with Crippen molar-refractivity contribution in [3.63, 3.8) is 0 Å². The first kappa shape index (κ1) is 20.1. The van der Waals surface area contributed by atoms with E-state index in [2.05, 4.69) is 16.4 Å². The minimum Gasteiger partial charge on any atom is -0.322 e. The Hall–Kier alpha value is -2.64. The molecule has 5 nitrogen and oxygen atoms in total. The predicted molar refractivity (Wildman–Crippen MR) is 112 cm³/mol. The molecule has 3 aromatic rings. The molecule has 0 aliphatic rings. The SMILES string of the molecule is Cc1ccc(Sc2ncccc2C(=O)Nc2ccc(S(C)(=O)=O)cc2)c(C)c1. The Labute approximate surface area is 169 Å². The molecule has 0 bridgehead atoms. The van der Waals surface area contributed by atoms with Crippen molar-refractivity contribution in [3.05, 3.63) is 77.5 Å². The highest BCUT2D eigenvalue weighted by Crippen LogP contribution is 2.31. The largest absolute Gasteiger partial charge is 0.322 e. The third-order valence-corrected chi connectivity index (χ3v) is 6.42. The molecule has 0 aliphatic carbocycles. The van der Waals surface area contributed by atoms with Gasteiger partial charge in [0.1, 0.15) is 5.03 Å². The molecule has 7 heteroatoms. The van der Waals surface area contributed by atoms with Crippen LogP contribution in [0.15, 0.2) is 75.6 Å². The molecule has 1 N–H and O–H groups in total. The summed E-state index contributed by atoms with van der Waals surface area (Å²) in [5.74, 6) is -0.299. The van der Waals surface area contributed by atoms with Crippen molar-refractivity contribution < 1.29 is 13.2 Å². The van der Waals surface area contributed by atoms with Crippen LogP contribution in [0.3, 0.4) is 0 Å². The highest BCUT2D eigenvalue weighted by atomic mass is 32.2. The van der Waals surface area contributed by atoms with Crippen molar-refractivity contribution in [2.24, 2.45) is 0 Å². The Morgan fingerprint density at radius 2 is 1.75 bits per heavy atom. The van der Waals surface area contributed by atoms with Crippen LogP contribution in [0.2, 0.25) is 0 Å². The molecule has 1 heterocycles. The van der Waals surface area contributed by atoms with Gasteiger partial charge >= 0.3 is 0 Å². The molecule has 0 aliphatic heterocycles. The number of carbonyl (C=O) groups is 1. The van der Waals surface area contributed by atoms with Gasteiger partial charge in [-0.25, -0.2) is 13.4 Å². The van der Waals surface area contributed by atoms with Crippen LogP contribution in [0.4, 0.5) is 5.69 Å². The molecule has 0 unspecified atom stereocenters. The zero-order valence-electron chi connectivity index (χ0n) is 15.8. The lowest BCUT2D eigenvalue weighted by atomic mass is 10.2. The van der Waals surface area contributed by atoms with E-state index in [4.69, 9.17) is 0 Å². The van der Waals surface area contributed by atoms with E-state index in [1.165, 1.54) is 29.5 Å². The van der Waals surface area contributed by atoms with Gasteiger partial charge in [-0.2, -0.15) is 0 Å². The van der Waals surface area contributed by atoms with E-state index >= 15 is 0 Å². The summed E-state index contributed by atoms with van der Waals surface area (Å²) in [5, 5.41) is 3.41. The highest BCUT2D eigenvalue weighted by molar-refractivity contribution is 7.99. The van der Waals surface area contributed by atoms with Crippen LogP contribution in [-0.2, 0) is 9.84 Å². The summed E-state index contributed by atoms with van der Waals surface area (Å²) in [6.07, 6.45) is 2.80. The Morgan fingerprint density at radius 3 is 2.39 bits per heavy atom. The van der Waals surface area contributed by atoms with E-state index in [9.17, 15) is 13.2 Å². The molecule has 28 heavy (non-hydrogen) atoms. The molecule has 0 radical (unpaired) electrons. The molecule has 144 valence electrons. The number of nitrogens with one attached hydrogen (secondary N) is 1. The fraction of sp³-hybridized carbons (Fsp3) is 0.143. The number of hydrogen-bond donors (Lipinski definition) is 1. The van der Waals surface area contributed by atoms with E-state index in [-0.39, 0.29) is 10.8 Å². The lowest BCUT2D eigenvalue weighted by molar-refractivity contribution is 0.102. The number of aromatic nitrogens is 1. The van der Waals surface area contributed by atoms with E-state index in [1.807, 2.05) is 26.0 Å². The van der Waals surface area contributed by atoms with Gasteiger partial charge in [0.2, 0.25) is 0 Å². The molecule has 1 amide bonds. The smallest absolute Gasteiger partial charge is 0.258 e. The van der Waals surface area contributed by atoms with Crippen LogP contribution in [0, 0.1) is 13.8 Å². The molecule has 3 rings (SSSR count). The van der Waals surface area contributed by atoms with Crippen LogP contribution in [0.5, 0.6) is 0 Å². The normalized spacial score (nSPS) is 11.2. The third-order valence-electron chi connectivity index (χ3n) is 4.09. The van der Waals surface area contributed by atoms with Crippen LogP contribution >= 0.6 is 11.8 Å². The number of carbonyl (C=O) groups excluding carboxylic acids is 1. The highest BCUT2D eigenvalue weighted by Gasteiger charge is 2.15. The monoisotopic (exact) mass is 412 g/mol. The van der Waals surface area contributed by atoms with Gasteiger partial charge in [-0.05, 0) is 61.9 Å². The van der Waals surface area contributed by atoms with E-state index in [0.717, 1.165) is 16.7 Å². The summed E-state index contributed by atoms with van der Waals surface area (Å²) in [6, 6.07) is 15.7. The van der Waals surface area contributed by atoms with Crippen LogP contribution in [-0.4, -0.2) is 25.6 Å². The van der Waals surface area contributed by atoms with Gasteiger partial charge < -0.3 is 5.32 Å². The Balaban J connectivity index is 1.83. The second-order valence-electron chi connectivity index (χ2n) is 6.48. The number of anilines is 1. The first-order chi connectivity index (χ1) is 13.2. The maximum Gasteiger partial charge on any atom is 0.258 e. The van der Waals surface area contributed by atoms with Gasteiger partial charge in [-0.15, -0.1) is 0 Å². The molecule has 0 spiro atoms. The minimum absolute atomic E-state index is 0.206. The molecule has 0 atom stereocenters. The molecule has 1 aromatic heterocycles. The zero-order chi connectivity index (χ0) is 20.3. The molecule has 2 aromatic carbocycles. The van der Waals surface area contributed by atoms with Gasteiger partial charge in [0, 0.05) is 23.0 Å². The average molecular weight is 413 g/mol. The standard InChI is InChI=1S/C21H20N2O3S2/c1-14-6-11-19(15(2)13-14)27-21-18(5-4-12-22-21)20(24)23-16-7-9-17(10-8-16)28(3,25)26/h4-13H,1-3H3,(H,23,24). The van der Waals surface area contributed by atoms with Gasteiger partial charge in [0.05, 0.1) is 10.5 Å². The summed E-state index contributed by atoms with van der Waals surface area (Å²) in [7, 11) is -3.27. The number of amides is 1. The average Bonchev–Trinajstić information content (AvgIpc) is 2.64. The number of sulfone groups is 1. The van der Waals surface area contributed by atoms with E-state index in [1.54, 1.807) is 30.5 Å². The fourth-order valence-electron chi connectivity index (χ4n) is 2.65. The summed E-state index contributed by atoms with van der Waals surface area (Å²) >= 11 is 1.44. The Bertz CT molecular complexity index is 1120. The van der Waals surface area contributed by atoms with Crippen molar-refractivity contribution in [1.82, 2.24) is 4.98 Å². The summed E-state index contributed by atoms with van der Waals surface area (Å²) in [6.45, 7) is 4.07. The fourth-order valence-corrected chi connectivity index (χ4v) is 4.23. The van der Waals surface area contributed by atoms with Crippen molar-refractivity contribution >= 4 is 33.2 Å². The summed E-state index contributed by atoms with van der Waals surface area (Å²) in [4.78, 5) is 18.4. The Kier molecular flexibility index (Phi) is 5.86. The van der Waals surface area contributed by atoms with Crippen LogP contribution in [0.25, 0.3) is 0 Å². The van der Waals surface area contributed by atoms with Gasteiger partial charge in [-0.1, -0.05) is 29.5 Å². The lowest BCUT2D eigenvalue weighted by Gasteiger charge is -2.11. The first-order valence-electron chi connectivity index (χ1n) is 8.55. The van der Waals surface area contributed by atoms with Crippen molar-refractivity contribution in [1.29, 1.82) is 0 Å². The molecule has 0 saturated heterocycles. The summed E-state index contributed by atoms with van der Waals surface area (Å²) < 4.78 is 23.1. The number of hydrogen-bond acceptors (Lipinski definition) is 5. The van der Waals surface area contributed by atoms with Crippen LogP contribution < -0.4 is 5.32 Å². The quantitative estimate of drug-likeness (QED) is 0.667. The number of benzene rings is 2. The van der Waals surface area contributed by atoms with Gasteiger partial charge in [0.25, 0.3) is 5.91 Å². The number of aryl methyl sites for hydroxylation is 2. The zero-order valence-corrected chi connectivity index (χ0v) is 17.4. The molecule has 0 saturated carbocycles. The maximum absolute atomic E-state index is 12.8. The third kappa shape index (κ3) is 4.79. The number of pyridine rings is 1. The second kappa shape index (κ2) is 8.16. The van der Waals surface area contributed by atoms with Gasteiger partial charge in [-0.3, -0.25) is 4.79 Å². The Morgan fingerprint density at radius 1 is 1.04 bits per heavy atom. The van der Waals surface area contributed by atoms with Crippen LogP contribution in [0.1, 0.15) is 21.5 Å². The first-order valence-corrected chi connectivity index (χ1v) is 11.3. The molecular weight excluding hydrogens is 392 g/mol.